The van der Waals surface area contributed by atoms with Crippen molar-refractivity contribution in [3.63, 3.8) is 0 Å². The minimum atomic E-state index is -1.03. The summed E-state index contributed by atoms with van der Waals surface area (Å²) in [5, 5.41) is 18.5. The molecule has 0 aromatic carbocycles. The number of carbonyl (C=O) groups is 2. The normalized spacial score (nSPS) is 25.5. The molecule has 2 atom stereocenters. The number of carbonyl (C=O) groups excluding carboxylic acids is 1. The number of amides is 1. The number of likely N-dealkylation sites (tertiary alicyclic amines) is 1. The highest BCUT2D eigenvalue weighted by atomic mass is 16.6. The standard InChI is InChI=1S/C11H19NO5/c1-11(2,3)17-10(16)12-5-4-7(9(14)15)8(13)6-12/h7-8,13H,4-6H2,1-3H3,(H,14,15)/t7-,8+/m0/s1. The Labute approximate surface area is 100 Å². The SMILES string of the molecule is CC(C)(C)OC(=O)N1CC[C@H](C(=O)O)[C@H](O)C1. The first-order valence-electron chi connectivity index (χ1n) is 5.59. The molecule has 0 unspecified atom stereocenters. The number of carboxylic acid groups (broad SMARTS) is 1. The number of aliphatic carboxylic acids is 1. The van der Waals surface area contributed by atoms with Crippen LogP contribution in [0.1, 0.15) is 27.2 Å². The van der Waals surface area contributed by atoms with Crippen molar-refractivity contribution in [1.29, 1.82) is 0 Å². The van der Waals surface area contributed by atoms with Crippen molar-refractivity contribution in [2.75, 3.05) is 13.1 Å². The highest BCUT2D eigenvalue weighted by Gasteiger charge is 2.35. The van der Waals surface area contributed by atoms with Crippen LogP contribution in [-0.4, -0.2) is 52.0 Å². The lowest BCUT2D eigenvalue weighted by atomic mass is 9.94. The second-order valence-corrected chi connectivity index (χ2v) is 5.23. The van der Waals surface area contributed by atoms with Crippen molar-refractivity contribution in [2.24, 2.45) is 5.92 Å². The number of nitrogens with zero attached hydrogens (tertiary/aromatic N) is 1. The Kier molecular flexibility index (Phi) is 3.98. The lowest BCUT2D eigenvalue weighted by Crippen LogP contribution is -2.50. The maximum absolute atomic E-state index is 11.7. The topological polar surface area (TPSA) is 87.1 Å². The third kappa shape index (κ3) is 3.89. The Morgan fingerprint density at radius 2 is 1.94 bits per heavy atom. The monoisotopic (exact) mass is 245 g/mol. The minimum Gasteiger partial charge on any atom is -0.481 e. The first-order chi connectivity index (χ1) is 7.70. The number of hydrogen-bond acceptors (Lipinski definition) is 4. The molecule has 1 heterocycles. The van der Waals surface area contributed by atoms with Gasteiger partial charge in [0.15, 0.2) is 0 Å². The highest BCUT2D eigenvalue weighted by molar-refractivity contribution is 5.72. The van der Waals surface area contributed by atoms with Crippen LogP contribution in [0.25, 0.3) is 0 Å². The predicted octanol–water partition coefficient (Wildman–Crippen LogP) is 0.689. The summed E-state index contributed by atoms with van der Waals surface area (Å²) in [5.74, 6) is -1.82. The lowest BCUT2D eigenvalue weighted by Gasteiger charge is -2.34. The van der Waals surface area contributed by atoms with Crippen LogP contribution in [0.2, 0.25) is 0 Å². The molecule has 1 fully saturated rings. The van der Waals surface area contributed by atoms with Crippen LogP contribution in [0.3, 0.4) is 0 Å². The molecule has 1 amide bonds. The van der Waals surface area contributed by atoms with Gasteiger partial charge < -0.3 is 19.8 Å². The molecule has 98 valence electrons. The molecule has 0 aromatic heterocycles. The van der Waals surface area contributed by atoms with Crippen molar-refractivity contribution in [3.05, 3.63) is 0 Å². The maximum atomic E-state index is 11.7. The average molecular weight is 245 g/mol. The van der Waals surface area contributed by atoms with Crippen LogP contribution in [0.5, 0.6) is 0 Å². The number of aliphatic hydroxyl groups is 1. The number of β-amino-alcohol motifs (C(OH)–C–C–N with tert-alkyl or cyclic N) is 1. The Morgan fingerprint density at radius 3 is 2.35 bits per heavy atom. The smallest absolute Gasteiger partial charge is 0.410 e. The van der Waals surface area contributed by atoms with Gasteiger partial charge >= 0.3 is 12.1 Å². The van der Waals surface area contributed by atoms with E-state index in [4.69, 9.17) is 9.84 Å². The summed E-state index contributed by atoms with van der Waals surface area (Å²) in [5.41, 5.74) is -0.592. The number of ether oxygens (including phenoxy) is 1. The van der Waals surface area contributed by atoms with E-state index in [9.17, 15) is 14.7 Å². The molecule has 2 N–H and O–H groups in total. The lowest BCUT2D eigenvalue weighted by molar-refractivity contribution is -0.148. The van der Waals surface area contributed by atoms with Gasteiger partial charge in [-0.25, -0.2) is 4.79 Å². The van der Waals surface area contributed by atoms with E-state index >= 15 is 0 Å². The molecular weight excluding hydrogens is 226 g/mol. The van der Waals surface area contributed by atoms with Crippen molar-refractivity contribution in [3.8, 4) is 0 Å². The fraction of sp³-hybridized carbons (Fsp3) is 0.818. The van der Waals surface area contributed by atoms with Gasteiger partial charge in [0.05, 0.1) is 18.6 Å². The van der Waals surface area contributed by atoms with Crippen molar-refractivity contribution in [1.82, 2.24) is 4.90 Å². The number of rotatable bonds is 1. The van der Waals surface area contributed by atoms with Crippen LogP contribution in [0.15, 0.2) is 0 Å². The van der Waals surface area contributed by atoms with Gasteiger partial charge in [0, 0.05) is 6.54 Å². The van der Waals surface area contributed by atoms with Crippen LogP contribution in [-0.2, 0) is 9.53 Å². The summed E-state index contributed by atoms with van der Waals surface area (Å²) < 4.78 is 5.15. The van der Waals surface area contributed by atoms with Crippen molar-refractivity contribution in [2.45, 2.75) is 38.9 Å². The van der Waals surface area contributed by atoms with Gasteiger partial charge in [-0.15, -0.1) is 0 Å². The van der Waals surface area contributed by atoms with E-state index in [0.29, 0.717) is 6.54 Å². The van der Waals surface area contributed by atoms with Gasteiger partial charge in [-0.05, 0) is 27.2 Å². The number of hydrogen-bond donors (Lipinski definition) is 2. The second-order valence-electron chi connectivity index (χ2n) is 5.23. The predicted molar refractivity (Wildman–Crippen MR) is 59.6 cm³/mol. The zero-order valence-corrected chi connectivity index (χ0v) is 10.3. The van der Waals surface area contributed by atoms with Crippen molar-refractivity contribution < 1.29 is 24.5 Å². The summed E-state index contributed by atoms with van der Waals surface area (Å²) in [6.07, 6.45) is -1.30. The molecule has 1 aliphatic heterocycles. The molecule has 1 rings (SSSR count). The molecule has 6 heteroatoms. The fourth-order valence-electron chi connectivity index (χ4n) is 1.71. The van der Waals surface area contributed by atoms with Gasteiger partial charge in [-0.2, -0.15) is 0 Å². The summed E-state index contributed by atoms with van der Waals surface area (Å²) in [4.78, 5) is 23.8. The number of piperidine rings is 1. The molecule has 0 aliphatic carbocycles. The Hall–Kier alpha value is -1.30. The molecule has 0 bridgehead atoms. The van der Waals surface area contributed by atoms with Crippen LogP contribution in [0, 0.1) is 5.92 Å². The highest BCUT2D eigenvalue weighted by Crippen LogP contribution is 2.20. The third-order valence-electron chi connectivity index (χ3n) is 2.55. The summed E-state index contributed by atoms with van der Waals surface area (Å²) in [7, 11) is 0. The van der Waals surface area contributed by atoms with Gasteiger partial charge in [-0.3, -0.25) is 4.79 Å². The van der Waals surface area contributed by atoms with Crippen LogP contribution in [0.4, 0.5) is 4.79 Å². The van der Waals surface area contributed by atoms with Crippen LogP contribution < -0.4 is 0 Å². The van der Waals surface area contributed by atoms with E-state index in [-0.39, 0.29) is 13.0 Å². The van der Waals surface area contributed by atoms with E-state index in [1.807, 2.05) is 0 Å². The molecule has 1 aliphatic rings. The van der Waals surface area contributed by atoms with Gasteiger partial charge in [0.25, 0.3) is 0 Å². The first kappa shape index (κ1) is 13.8. The van der Waals surface area contributed by atoms with E-state index in [0.717, 1.165) is 0 Å². The number of carboxylic acids is 1. The quantitative estimate of drug-likeness (QED) is 0.709. The molecule has 0 radical (unpaired) electrons. The Bertz CT molecular complexity index is 309. The third-order valence-corrected chi connectivity index (χ3v) is 2.55. The maximum Gasteiger partial charge on any atom is 0.410 e. The van der Waals surface area contributed by atoms with E-state index in [1.54, 1.807) is 20.8 Å². The molecule has 6 nitrogen and oxygen atoms in total. The van der Waals surface area contributed by atoms with Gasteiger partial charge in [0.1, 0.15) is 5.60 Å². The molecule has 17 heavy (non-hydrogen) atoms. The van der Waals surface area contributed by atoms with E-state index in [1.165, 1.54) is 4.90 Å². The van der Waals surface area contributed by atoms with Gasteiger partial charge in [0.2, 0.25) is 0 Å². The van der Waals surface area contributed by atoms with Crippen LogP contribution >= 0.6 is 0 Å². The molecule has 0 aromatic rings. The molecule has 0 saturated carbocycles. The minimum absolute atomic E-state index is 0.00583. The molecule has 1 saturated heterocycles. The van der Waals surface area contributed by atoms with E-state index < -0.39 is 29.7 Å². The van der Waals surface area contributed by atoms with E-state index in [2.05, 4.69) is 0 Å². The fourth-order valence-corrected chi connectivity index (χ4v) is 1.71. The molecule has 0 spiro atoms. The van der Waals surface area contributed by atoms with Crippen molar-refractivity contribution >= 4 is 12.1 Å². The zero-order chi connectivity index (χ0) is 13.2. The average Bonchev–Trinajstić information content (AvgIpc) is 2.14. The number of aliphatic hydroxyl groups excluding tert-OH is 1. The second kappa shape index (κ2) is 4.91. The Balaban J connectivity index is 2.55. The molecular formula is C11H19NO5. The summed E-state index contributed by atoms with van der Waals surface area (Å²) in [6, 6.07) is 0. The first-order valence-corrected chi connectivity index (χ1v) is 5.59. The summed E-state index contributed by atoms with van der Waals surface area (Å²) >= 11 is 0. The Morgan fingerprint density at radius 1 is 1.35 bits per heavy atom. The summed E-state index contributed by atoms with van der Waals surface area (Å²) in [6.45, 7) is 5.57. The zero-order valence-electron chi connectivity index (χ0n) is 10.3. The van der Waals surface area contributed by atoms with Gasteiger partial charge in [-0.1, -0.05) is 0 Å². The largest absolute Gasteiger partial charge is 0.481 e.